The van der Waals surface area contributed by atoms with E-state index in [-0.39, 0.29) is 30.3 Å². The summed E-state index contributed by atoms with van der Waals surface area (Å²) in [6, 6.07) is 9.05. The largest absolute Gasteiger partial charge is 0.456 e. The van der Waals surface area contributed by atoms with Gasteiger partial charge in [0.2, 0.25) is 5.78 Å². The summed E-state index contributed by atoms with van der Waals surface area (Å²) < 4.78 is 4.97. The molecule has 1 N–H and O–H groups in total. The molecule has 0 aliphatic carbocycles. The quantitative estimate of drug-likeness (QED) is 0.604. The average Bonchev–Trinajstić information content (AvgIpc) is 2.95. The van der Waals surface area contributed by atoms with Gasteiger partial charge in [-0.05, 0) is 43.0 Å². The molecule has 2 rings (SSSR count). The number of amides is 1. The fourth-order valence-electron chi connectivity index (χ4n) is 2.56. The van der Waals surface area contributed by atoms with E-state index in [9.17, 15) is 14.4 Å². The highest BCUT2D eigenvalue weighted by Gasteiger charge is 2.16. The van der Waals surface area contributed by atoms with E-state index in [0.717, 1.165) is 15.3 Å². The fraction of sp³-hybridized carbons (Fsp3) is 0.381. The number of aryl methyl sites for hydroxylation is 2. The molecule has 0 aliphatic heterocycles. The van der Waals surface area contributed by atoms with Gasteiger partial charge in [-0.15, -0.1) is 11.3 Å². The zero-order valence-corrected chi connectivity index (χ0v) is 17.2. The summed E-state index contributed by atoms with van der Waals surface area (Å²) in [6.45, 7) is 9.46. The maximum atomic E-state index is 12.1. The summed E-state index contributed by atoms with van der Waals surface area (Å²) in [6.07, 6.45) is 0. The number of Topliss-reactive ketones (excluding diaryl/α,β-unsaturated/α-hetero) is 1. The van der Waals surface area contributed by atoms with Crippen molar-refractivity contribution in [3.05, 3.63) is 56.8 Å². The van der Waals surface area contributed by atoms with Crippen molar-refractivity contribution in [2.75, 3.05) is 13.2 Å². The molecule has 0 radical (unpaired) electrons. The normalized spacial score (nSPS) is 11.1. The molecule has 2 aromatic rings. The molecule has 144 valence electrons. The Morgan fingerprint density at radius 2 is 1.70 bits per heavy atom. The predicted molar refractivity (Wildman–Crippen MR) is 107 cm³/mol. The van der Waals surface area contributed by atoms with E-state index in [4.69, 9.17) is 4.74 Å². The van der Waals surface area contributed by atoms with Gasteiger partial charge in [0.1, 0.15) is 6.54 Å². The Morgan fingerprint density at radius 3 is 2.22 bits per heavy atom. The van der Waals surface area contributed by atoms with Gasteiger partial charge in [-0.3, -0.25) is 14.4 Å². The standard InChI is InChI=1S/C21H25NO4S/c1-13-10-17(14(2)27-13)18(23)12-26-19(24)11-22-20(25)15-6-8-16(9-7-15)21(3,4)5/h6-10H,11-12H2,1-5H3,(H,22,25). The third kappa shape index (κ3) is 5.76. The maximum Gasteiger partial charge on any atom is 0.325 e. The van der Waals surface area contributed by atoms with Crippen LogP contribution in [-0.2, 0) is 14.9 Å². The lowest BCUT2D eigenvalue weighted by Crippen LogP contribution is -2.31. The number of ether oxygens (including phenoxy) is 1. The minimum atomic E-state index is -0.646. The number of benzene rings is 1. The Labute approximate surface area is 163 Å². The first-order valence-electron chi connectivity index (χ1n) is 8.72. The molecule has 0 fully saturated rings. The molecule has 1 aromatic heterocycles. The van der Waals surface area contributed by atoms with Gasteiger partial charge in [-0.25, -0.2) is 0 Å². The van der Waals surface area contributed by atoms with Gasteiger partial charge < -0.3 is 10.1 Å². The van der Waals surface area contributed by atoms with Crippen molar-refractivity contribution in [3.63, 3.8) is 0 Å². The van der Waals surface area contributed by atoms with Crippen LogP contribution in [0.1, 0.15) is 56.8 Å². The number of esters is 1. The van der Waals surface area contributed by atoms with Crippen LogP contribution in [0.5, 0.6) is 0 Å². The maximum absolute atomic E-state index is 12.1. The van der Waals surface area contributed by atoms with Crippen molar-refractivity contribution in [2.24, 2.45) is 0 Å². The average molecular weight is 388 g/mol. The molecule has 0 saturated carbocycles. The lowest BCUT2D eigenvalue weighted by atomic mass is 9.87. The van der Waals surface area contributed by atoms with Crippen LogP contribution in [0.15, 0.2) is 30.3 Å². The molecule has 0 aliphatic rings. The zero-order valence-electron chi connectivity index (χ0n) is 16.3. The molecule has 0 saturated heterocycles. The van der Waals surface area contributed by atoms with Crippen molar-refractivity contribution in [1.29, 1.82) is 0 Å². The highest BCUT2D eigenvalue weighted by Crippen LogP contribution is 2.22. The Balaban J connectivity index is 1.82. The molecule has 1 heterocycles. The third-order valence-corrected chi connectivity index (χ3v) is 5.08. The summed E-state index contributed by atoms with van der Waals surface area (Å²) >= 11 is 1.53. The molecule has 6 heteroatoms. The first kappa shape index (κ1) is 20.8. The van der Waals surface area contributed by atoms with Crippen LogP contribution in [-0.4, -0.2) is 30.8 Å². The second kappa shape index (κ2) is 8.48. The number of carbonyl (C=O) groups is 3. The molecule has 0 bridgehead atoms. The Bertz CT molecular complexity index is 844. The van der Waals surface area contributed by atoms with Gasteiger partial charge in [0.25, 0.3) is 5.91 Å². The van der Waals surface area contributed by atoms with Crippen LogP contribution >= 0.6 is 11.3 Å². The zero-order chi connectivity index (χ0) is 20.2. The monoisotopic (exact) mass is 387 g/mol. The summed E-state index contributed by atoms with van der Waals surface area (Å²) in [5.74, 6) is -1.25. The van der Waals surface area contributed by atoms with E-state index >= 15 is 0 Å². The van der Waals surface area contributed by atoms with Crippen LogP contribution in [0.4, 0.5) is 0 Å². The SMILES string of the molecule is Cc1cc(C(=O)COC(=O)CNC(=O)c2ccc(C(C)(C)C)cc2)c(C)s1. The number of ketones is 1. The summed E-state index contributed by atoms with van der Waals surface area (Å²) in [4.78, 5) is 38.0. The first-order chi connectivity index (χ1) is 12.6. The van der Waals surface area contributed by atoms with Crippen molar-refractivity contribution in [2.45, 2.75) is 40.0 Å². The topological polar surface area (TPSA) is 72.5 Å². The van der Waals surface area contributed by atoms with Gasteiger partial charge in [0, 0.05) is 20.9 Å². The van der Waals surface area contributed by atoms with Gasteiger partial charge in [0.05, 0.1) is 0 Å². The Kier molecular flexibility index (Phi) is 6.54. The summed E-state index contributed by atoms with van der Waals surface area (Å²) in [5.41, 5.74) is 2.17. The van der Waals surface area contributed by atoms with Crippen molar-refractivity contribution < 1.29 is 19.1 Å². The molecular formula is C21H25NO4S. The third-order valence-electron chi connectivity index (χ3n) is 4.11. The Hall–Kier alpha value is -2.47. The molecule has 1 aromatic carbocycles. The van der Waals surface area contributed by atoms with Crippen LogP contribution < -0.4 is 5.32 Å². The van der Waals surface area contributed by atoms with Gasteiger partial charge in [0.15, 0.2) is 6.61 Å². The number of nitrogens with one attached hydrogen (secondary N) is 1. The molecule has 0 unspecified atom stereocenters. The second-order valence-corrected chi connectivity index (χ2v) is 8.88. The van der Waals surface area contributed by atoms with E-state index in [1.165, 1.54) is 11.3 Å². The molecule has 0 spiro atoms. The first-order valence-corrected chi connectivity index (χ1v) is 9.54. The number of hydrogen-bond donors (Lipinski definition) is 1. The molecule has 27 heavy (non-hydrogen) atoms. The fourth-order valence-corrected chi connectivity index (χ4v) is 3.50. The molecule has 1 amide bonds. The number of rotatable bonds is 6. The van der Waals surface area contributed by atoms with Crippen molar-refractivity contribution in [1.82, 2.24) is 5.32 Å². The van der Waals surface area contributed by atoms with Crippen LogP contribution in [0.2, 0.25) is 0 Å². The lowest BCUT2D eigenvalue weighted by Gasteiger charge is -2.19. The van der Waals surface area contributed by atoms with Crippen molar-refractivity contribution >= 4 is 29.0 Å². The highest BCUT2D eigenvalue weighted by atomic mass is 32.1. The van der Waals surface area contributed by atoms with Gasteiger partial charge in [-0.1, -0.05) is 32.9 Å². The second-order valence-electron chi connectivity index (χ2n) is 7.42. The Morgan fingerprint density at radius 1 is 1.07 bits per heavy atom. The number of hydrogen-bond acceptors (Lipinski definition) is 5. The summed E-state index contributed by atoms with van der Waals surface area (Å²) in [7, 11) is 0. The van der Waals surface area contributed by atoms with Crippen LogP contribution in [0.3, 0.4) is 0 Å². The van der Waals surface area contributed by atoms with Crippen LogP contribution in [0.25, 0.3) is 0 Å². The van der Waals surface area contributed by atoms with Crippen molar-refractivity contribution in [3.8, 4) is 0 Å². The van der Waals surface area contributed by atoms with E-state index in [0.29, 0.717) is 11.1 Å². The minimum Gasteiger partial charge on any atom is -0.456 e. The number of thiophene rings is 1. The molecular weight excluding hydrogens is 362 g/mol. The van der Waals surface area contributed by atoms with E-state index in [1.54, 1.807) is 18.2 Å². The van der Waals surface area contributed by atoms with Crippen LogP contribution in [0, 0.1) is 13.8 Å². The van der Waals surface area contributed by atoms with Gasteiger partial charge in [-0.2, -0.15) is 0 Å². The minimum absolute atomic E-state index is 0.00466. The molecule has 0 atom stereocenters. The van der Waals surface area contributed by atoms with Gasteiger partial charge >= 0.3 is 5.97 Å². The molecule has 5 nitrogen and oxygen atoms in total. The van der Waals surface area contributed by atoms with E-state index in [2.05, 4.69) is 26.1 Å². The number of carbonyl (C=O) groups excluding carboxylic acids is 3. The summed E-state index contributed by atoms with van der Waals surface area (Å²) in [5, 5.41) is 2.51. The predicted octanol–water partition coefficient (Wildman–Crippen LogP) is 3.82. The van der Waals surface area contributed by atoms with E-state index < -0.39 is 5.97 Å². The lowest BCUT2D eigenvalue weighted by molar-refractivity contribution is -0.141. The smallest absolute Gasteiger partial charge is 0.325 e. The highest BCUT2D eigenvalue weighted by molar-refractivity contribution is 7.12. The van der Waals surface area contributed by atoms with E-state index in [1.807, 2.05) is 26.0 Å².